The van der Waals surface area contributed by atoms with Gasteiger partial charge < -0.3 is 5.21 Å². The van der Waals surface area contributed by atoms with Gasteiger partial charge in [0.2, 0.25) is 0 Å². The molecule has 0 aromatic heterocycles. The molecule has 2 rings (SSSR count). The molecule has 68 valence electrons. The molecule has 0 aromatic rings. The molecule has 0 saturated heterocycles. The van der Waals surface area contributed by atoms with Gasteiger partial charge in [-0.2, -0.15) is 0 Å². The van der Waals surface area contributed by atoms with Gasteiger partial charge in [0.25, 0.3) is 0 Å². The normalized spacial score (nSPS) is 47.2. The van der Waals surface area contributed by atoms with Crippen LogP contribution in [0.2, 0.25) is 0 Å². The maximum Gasteiger partial charge on any atom is 0.0638 e. The highest BCUT2D eigenvalue weighted by Crippen LogP contribution is 2.63. The molecule has 2 aliphatic carbocycles. The van der Waals surface area contributed by atoms with Gasteiger partial charge in [-0.25, -0.2) is 0 Å². The van der Waals surface area contributed by atoms with Gasteiger partial charge in [-0.15, -0.1) is 0 Å². The predicted molar refractivity (Wildman–Crippen MR) is 48.5 cm³/mol. The van der Waals surface area contributed by atoms with Crippen LogP contribution in [-0.4, -0.2) is 10.9 Å². The summed E-state index contributed by atoms with van der Waals surface area (Å²) in [4.78, 5) is 0. The summed E-state index contributed by atoms with van der Waals surface area (Å²) in [6.45, 7) is 6.86. The van der Waals surface area contributed by atoms with E-state index in [1.165, 1.54) is 12.8 Å². The molecule has 2 fully saturated rings. The number of nitrogens with zero attached hydrogens (tertiary/aromatic N) is 1. The quantitative estimate of drug-likeness (QED) is 0.436. The molecular formula is C10H17NO. The van der Waals surface area contributed by atoms with Gasteiger partial charge in [-0.1, -0.05) is 25.9 Å². The topological polar surface area (TPSA) is 32.6 Å². The molecule has 0 heterocycles. The Kier molecular flexibility index (Phi) is 1.37. The molecule has 0 spiro atoms. The fourth-order valence-corrected chi connectivity index (χ4v) is 3.08. The standard InChI is InChI=1S/C10H17NO/c1-9(2)7-4-5-10(9,3)8(6-7)11-12/h7,12H,4-6H2,1-3H3/b11-8+/t7-,10+/m1/s1. The molecule has 0 amide bonds. The molecule has 0 aromatic carbocycles. The lowest BCUT2D eigenvalue weighted by molar-refractivity contribution is 0.190. The second-order valence-electron chi connectivity index (χ2n) is 5.04. The van der Waals surface area contributed by atoms with Gasteiger partial charge in [0.05, 0.1) is 5.71 Å². The van der Waals surface area contributed by atoms with E-state index in [0.717, 1.165) is 18.1 Å². The van der Waals surface area contributed by atoms with Crippen molar-refractivity contribution >= 4 is 5.71 Å². The summed E-state index contributed by atoms with van der Waals surface area (Å²) in [5, 5.41) is 12.3. The second kappa shape index (κ2) is 2.04. The number of rotatable bonds is 0. The van der Waals surface area contributed by atoms with E-state index in [2.05, 4.69) is 25.9 Å². The van der Waals surface area contributed by atoms with Crippen molar-refractivity contribution < 1.29 is 5.21 Å². The van der Waals surface area contributed by atoms with E-state index >= 15 is 0 Å². The zero-order valence-corrected chi connectivity index (χ0v) is 8.09. The summed E-state index contributed by atoms with van der Waals surface area (Å²) in [5.74, 6) is 0.744. The van der Waals surface area contributed by atoms with Crippen molar-refractivity contribution in [3.63, 3.8) is 0 Å². The van der Waals surface area contributed by atoms with E-state index in [-0.39, 0.29) is 5.41 Å². The number of oxime groups is 1. The van der Waals surface area contributed by atoms with Crippen LogP contribution in [0.15, 0.2) is 5.16 Å². The maximum absolute atomic E-state index is 8.87. The minimum absolute atomic E-state index is 0.173. The minimum atomic E-state index is 0.173. The van der Waals surface area contributed by atoms with Gasteiger partial charge >= 0.3 is 0 Å². The third-order valence-corrected chi connectivity index (χ3v) is 4.63. The molecule has 0 aliphatic heterocycles. The van der Waals surface area contributed by atoms with Crippen LogP contribution in [0.5, 0.6) is 0 Å². The summed E-state index contributed by atoms with van der Waals surface area (Å²) in [7, 11) is 0. The van der Waals surface area contributed by atoms with Crippen molar-refractivity contribution in [2.75, 3.05) is 0 Å². The zero-order chi connectivity index (χ0) is 8.98. The molecule has 0 radical (unpaired) electrons. The van der Waals surface area contributed by atoms with Crippen LogP contribution >= 0.6 is 0 Å². The highest BCUT2D eigenvalue weighted by atomic mass is 16.4. The van der Waals surface area contributed by atoms with Crippen molar-refractivity contribution in [2.24, 2.45) is 21.9 Å². The van der Waals surface area contributed by atoms with Crippen molar-refractivity contribution in [3.8, 4) is 0 Å². The average molecular weight is 167 g/mol. The molecular weight excluding hydrogens is 150 g/mol. The van der Waals surface area contributed by atoms with Gasteiger partial charge in [0.15, 0.2) is 0 Å². The Hall–Kier alpha value is -0.530. The second-order valence-corrected chi connectivity index (χ2v) is 5.04. The maximum atomic E-state index is 8.87. The lowest BCUT2D eigenvalue weighted by Crippen LogP contribution is -2.32. The summed E-state index contributed by atoms with van der Waals surface area (Å²) in [6, 6.07) is 0. The first-order chi connectivity index (χ1) is 5.52. The largest absolute Gasteiger partial charge is 0.411 e. The molecule has 0 unspecified atom stereocenters. The van der Waals surface area contributed by atoms with Gasteiger partial charge in [0, 0.05) is 5.41 Å². The first-order valence-electron chi connectivity index (χ1n) is 4.74. The monoisotopic (exact) mass is 167 g/mol. The summed E-state index contributed by atoms with van der Waals surface area (Å²) >= 11 is 0. The van der Waals surface area contributed by atoms with Crippen molar-refractivity contribution in [3.05, 3.63) is 0 Å². The van der Waals surface area contributed by atoms with E-state index in [9.17, 15) is 0 Å². The fraction of sp³-hybridized carbons (Fsp3) is 0.900. The Balaban J connectivity index is 2.46. The van der Waals surface area contributed by atoms with E-state index < -0.39 is 0 Å². The van der Waals surface area contributed by atoms with E-state index in [0.29, 0.717) is 5.41 Å². The summed E-state index contributed by atoms with van der Waals surface area (Å²) < 4.78 is 0. The lowest BCUT2D eigenvalue weighted by atomic mass is 9.70. The van der Waals surface area contributed by atoms with Crippen LogP contribution in [0, 0.1) is 16.7 Å². The van der Waals surface area contributed by atoms with E-state index in [4.69, 9.17) is 5.21 Å². The SMILES string of the molecule is CC1(C)[C@@H]2CC[C@@]1(C)/C(=N/O)C2. The lowest BCUT2D eigenvalue weighted by Gasteiger charge is -2.33. The Morgan fingerprint density at radius 3 is 2.33 bits per heavy atom. The predicted octanol–water partition coefficient (Wildman–Crippen LogP) is 2.66. The number of hydrogen-bond acceptors (Lipinski definition) is 2. The van der Waals surface area contributed by atoms with Crippen LogP contribution in [-0.2, 0) is 0 Å². The number of fused-ring (bicyclic) bond motifs is 2. The average Bonchev–Trinajstić information content (AvgIpc) is 2.34. The highest BCUT2D eigenvalue weighted by molar-refractivity contribution is 5.93. The molecule has 2 nitrogen and oxygen atoms in total. The first kappa shape index (κ1) is 8.09. The van der Waals surface area contributed by atoms with Crippen LogP contribution < -0.4 is 0 Å². The van der Waals surface area contributed by atoms with Crippen LogP contribution in [0.4, 0.5) is 0 Å². The van der Waals surface area contributed by atoms with E-state index in [1.807, 2.05) is 0 Å². The summed E-state index contributed by atoms with van der Waals surface area (Å²) in [6.07, 6.45) is 3.52. The van der Waals surface area contributed by atoms with Gasteiger partial charge in [-0.3, -0.25) is 0 Å². The Morgan fingerprint density at radius 1 is 1.42 bits per heavy atom. The Morgan fingerprint density at radius 2 is 2.08 bits per heavy atom. The smallest absolute Gasteiger partial charge is 0.0638 e. The molecule has 2 heteroatoms. The minimum Gasteiger partial charge on any atom is -0.411 e. The third-order valence-electron chi connectivity index (χ3n) is 4.63. The van der Waals surface area contributed by atoms with Crippen LogP contribution in [0.25, 0.3) is 0 Å². The molecule has 2 bridgehead atoms. The van der Waals surface area contributed by atoms with Crippen LogP contribution in [0.1, 0.15) is 40.0 Å². The number of hydrogen-bond donors (Lipinski definition) is 1. The molecule has 12 heavy (non-hydrogen) atoms. The van der Waals surface area contributed by atoms with Crippen molar-refractivity contribution in [1.29, 1.82) is 0 Å². The molecule has 2 atom stereocenters. The van der Waals surface area contributed by atoms with Gasteiger partial charge in [0.1, 0.15) is 0 Å². The highest BCUT2D eigenvalue weighted by Gasteiger charge is 2.60. The molecule has 1 N–H and O–H groups in total. The zero-order valence-electron chi connectivity index (χ0n) is 8.09. The van der Waals surface area contributed by atoms with E-state index in [1.54, 1.807) is 0 Å². The molecule has 2 aliphatic rings. The van der Waals surface area contributed by atoms with Crippen molar-refractivity contribution in [1.82, 2.24) is 0 Å². The van der Waals surface area contributed by atoms with Crippen LogP contribution in [0.3, 0.4) is 0 Å². The summed E-state index contributed by atoms with van der Waals surface area (Å²) in [5.41, 5.74) is 1.55. The fourth-order valence-electron chi connectivity index (χ4n) is 3.08. The first-order valence-corrected chi connectivity index (χ1v) is 4.74. The third kappa shape index (κ3) is 0.644. The molecule has 2 saturated carbocycles. The van der Waals surface area contributed by atoms with Gasteiger partial charge in [-0.05, 0) is 30.6 Å². The Labute approximate surface area is 73.7 Å². The Bertz CT molecular complexity index is 244. The van der Waals surface area contributed by atoms with Crippen molar-refractivity contribution in [2.45, 2.75) is 40.0 Å².